The first-order valence-corrected chi connectivity index (χ1v) is 22.7. The minimum absolute atomic E-state index is 0. The average molecular weight is 1010 g/mol. The number of benzene rings is 4. The van der Waals surface area contributed by atoms with Crippen LogP contribution in [0.25, 0.3) is 44.8 Å². The van der Waals surface area contributed by atoms with E-state index >= 15 is 0 Å². The number of aromatic nitrogens is 6. The Hall–Kier alpha value is -5.13. The molecule has 0 unspecified atom stereocenters. The Kier molecular flexibility index (Phi) is 16.4. The van der Waals surface area contributed by atoms with Gasteiger partial charge in [-0.15, -0.1) is 0 Å². The van der Waals surface area contributed by atoms with Gasteiger partial charge in [-0.1, -0.05) is 150 Å². The number of nitrogens with zero attached hydrogens (tertiary/aromatic N) is 6. The van der Waals surface area contributed by atoms with Gasteiger partial charge in [0.15, 0.2) is 22.9 Å². The van der Waals surface area contributed by atoms with E-state index in [4.69, 9.17) is 27.9 Å². The number of carbonyl (C=O) groups excluding carboxylic acids is 2. The van der Waals surface area contributed by atoms with Gasteiger partial charge in [-0.2, -0.15) is 0 Å². The van der Waals surface area contributed by atoms with E-state index in [1.54, 1.807) is 78.9 Å². The van der Waals surface area contributed by atoms with E-state index in [0.717, 1.165) is 10.0 Å². The summed E-state index contributed by atoms with van der Waals surface area (Å²) in [5, 5.41) is 11.9. The largest absolute Gasteiger partial charge is 1.00 e. The smallest absolute Gasteiger partial charge is 0.543 e. The number of halogens is 3. The number of alkyl halides is 1. The van der Waals surface area contributed by atoms with Gasteiger partial charge in [0.1, 0.15) is 16.0 Å². The summed E-state index contributed by atoms with van der Waals surface area (Å²) in [5.41, 5.74) is 0.315. The van der Waals surface area contributed by atoms with Crippen molar-refractivity contribution in [2.45, 2.75) is 17.2 Å². The number of carboxylic acid groups (broad SMARTS) is 1. The summed E-state index contributed by atoms with van der Waals surface area (Å²) in [6.07, 6.45) is 0. The van der Waals surface area contributed by atoms with E-state index in [-0.39, 0.29) is 85.8 Å². The normalized spacial score (nSPS) is 10.9. The minimum Gasteiger partial charge on any atom is -0.543 e. The molecule has 8 aromatic rings. The fourth-order valence-electron chi connectivity index (χ4n) is 5.74. The summed E-state index contributed by atoms with van der Waals surface area (Å²) in [6, 6.07) is 35.4. The molecule has 14 nitrogen and oxygen atoms in total. The van der Waals surface area contributed by atoms with Crippen LogP contribution in [0.15, 0.2) is 143 Å². The second-order valence-electron chi connectivity index (χ2n) is 11.9. The van der Waals surface area contributed by atoms with E-state index in [9.17, 15) is 31.5 Å². The number of methoxy groups -OCH3 is 1. The first-order valence-electron chi connectivity index (χ1n) is 16.9. The number of aromatic carboxylic acids is 1. The van der Waals surface area contributed by atoms with Gasteiger partial charge in [0.05, 0.1) is 39.3 Å². The van der Waals surface area contributed by atoms with Crippen molar-refractivity contribution in [3.63, 3.8) is 0 Å². The number of esters is 1. The van der Waals surface area contributed by atoms with Gasteiger partial charge in [0.2, 0.25) is 0 Å². The molecule has 0 saturated heterocycles. The van der Waals surface area contributed by atoms with E-state index in [2.05, 4.69) is 42.5 Å². The number of ether oxygens (including phenoxy) is 1. The molecular weight excluding hydrogens is 973 g/mol. The molecule has 0 aliphatic rings. The predicted molar refractivity (Wildman–Crippen MR) is 236 cm³/mol. The number of carbonyl (C=O) groups is 2. The monoisotopic (exact) mass is 1000 g/mol. The molecule has 20 heteroatoms. The number of hydrogen-bond acceptors (Lipinski definition) is 12. The third-order valence-corrected chi connectivity index (χ3v) is 12.4. The number of rotatable bonds is 8. The van der Waals surface area contributed by atoms with Crippen LogP contribution in [0.3, 0.4) is 0 Å². The molecule has 0 atom stereocenters. The van der Waals surface area contributed by atoms with Crippen molar-refractivity contribution >= 4 is 99.8 Å². The van der Waals surface area contributed by atoms with Crippen LogP contribution in [-0.4, -0.2) is 68.7 Å². The van der Waals surface area contributed by atoms with Gasteiger partial charge in [-0.05, 0) is 41.3 Å². The summed E-state index contributed by atoms with van der Waals surface area (Å²) in [7, 11) is -7.25. The van der Waals surface area contributed by atoms with Crippen molar-refractivity contribution in [1.82, 2.24) is 27.9 Å². The van der Waals surface area contributed by atoms with Gasteiger partial charge in [0.25, 0.3) is 20.0 Å². The number of fused-ring (bicyclic) bond motifs is 2. The zero-order valence-electron chi connectivity index (χ0n) is 31.6. The Bertz CT molecular complexity index is 3060. The van der Waals surface area contributed by atoms with Crippen LogP contribution in [-0.2, 0) is 24.8 Å². The van der Waals surface area contributed by atoms with E-state index in [1.807, 2.05) is 11.0 Å². The first-order chi connectivity index (χ1) is 28.3. The van der Waals surface area contributed by atoms with Crippen molar-refractivity contribution in [3.8, 4) is 22.8 Å². The van der Waals surface area contributed by atoms with Crippen LogP contribution in [0.2, 0.25) is 10.3 Å². The molecule has 0 N–H and O–H groups in total. The molecule has 4 aromatic carbocycles. The van der Waals surface area contributed by atoms with E-state index < -0.39 is 37.7 Å². The quantitative estimate of drug-likeness (QED) is 0.0663. The van der Waals surface area contributed by atoms with E-state index in [1.165, 1.54) is 49.6 Å². The summed E-state index contributed by atoms with van der Waals surface area (Å²) >= 11 is 14.7. The van der Waals surface area contributed by atoms with E-state index in [0.29, 0.717) is 15.1 Å². The predicted octanol–water partition coefficient (Wildman–Crippen LogP) is 4.82. The molecule has 0 bridgehead atoms. The molecule has 308 valence electrons. The van der Waals surface area contributed by atoms with Crippen LogP contribution >= 0.6 is 45.8 Å². The second-order valence-corrected chi connectivity index (χ2v) is 16.2. The second kappa shape index (κ2) is 20.6. The van der Waals surface area contributed by atoms with Crippen molar-refractivity contribution in [1.29, 1.82) is 0 Å². The van der Waals surface area contributed by atoms with Gasteiger partial charge in [-0.25, -0.2) is 49.5 Å². The van der Waals surface area contributed by atoms with Crippen molar-refractivity contribution in [2.75, 3.05) is 12.0 Å². The molecule has 0 spiro atoms. The molecule has 0 amide bonds. The fraction of sp³-hybridized carbons (Fsp3) is 0.0732. The summed E-state index contributed by atoms with van der Waals surface area (Å²) in [5.74, 6) is -2.09. The van der Waals surface area contributed by atoms with Crippen LogP contribution < -0.4 is 24.0 Å². The minimum atomic E-state index is -4.27. The topological polar surface area (TPSA) is 196 Å². The molecule has 0 fully saturated rings. The SMILES string of the molecule is C.CI.COC(=O)c1cc2c(Cl)nc(-c3ccccc3)nc2n1S(=O)(=O)c1ccccc1.O=C([O-])c1cc2c(Cl)nc(-c3ccccc3)nc2n1S(=O)(=O)c1ccccc1.[Li+]. The fourth-order valence-corrected chi connectivity index (χ4v) is 9.11. The maximum absolute atomic E-state index is 13.4. The molecule has 4 aromatic heterocycles. The molecule has 8 rings (SSSR count). The zero-order valence-corrected chi connectivity index (χ0v) is 36.9. The van der Waals surface area contributed by atoms with Crippen LogP contribution in [0.4, 0.5) is 0 Å². The molecular formula is C41H32Cl2ILiN6O8S2. The standard InChI is InChI=1S/C20H14ClN3O4S.C19H12ClN3O4S.CH3I.CH4.Li/c1-28-20(25)16-12-15-17(21)22-18(13-8-4-2-5-9-13)23-19(15)24(16)29(26,27)14-10-6-3-7-11-14;20-16-14-11-15(19(24)25)23(28(26,27)13-9-5-2-6-10-13)18(14)22-17(21-16)12-7-3-1-4-8-12;1-2;;/h2-12H,1H3;1-11H,(H,24,25);1H3;1H4;/q;;;;+1/p-1. The average Bonchev–Trinajstić information content (AvgIpc) is 3.87. The number of hydrogen-bond donors (Lipinski definition) is 0. The summed E-state index contributed by atoms with van der Waals surface area (Å²) in [6.45, 7) is 0. The Balaban J connectivity index is 0.000000250. The van der Waals surface area contributed by atoms with Crippen LogP contribution in [0.5, 0.6) is 0 Å². The van der Waals surface area contributed by atoms with Gasteiger partial charge in [0, 0.05) is 11.1 Å². The molecule has 0 radical (unpaired) electrons. The molecule has 4 heterocycles. The zero-order chi connectivity index (χ0) is 42.5. The van der Waals surface area contributed by atoms with Crippen molar-refractivity contribution in [2.24, 2.45) is 0 Å². The Labute approximate surface area is 387 Å². The molecule has 0 aliphatic heterocycles. The Morgan fingerprint density at radius 3 is 1.26 bits per heavy atom. The van der Waals surface area contributed by atoms with Gasteiger partial charge < -0.3 is 14.6 Å². The molecule has 61 heavy (non-hydrogen) atoms. The Morgan fingerprint density at radius 2 is 0.918 bits per heavy atom. The third kappa shape index (κ3) is 9.84. The van der Waals surface area contributed by atoms with Crippen LogP contribution in [0.1, 0.15) is 28.4 Å². The Morgan fingerprint density at radius 1 is 0.590 bits per heavy atom. The van der Waals surface area contributed by atoms with Crippen molar-refractivity contribution < 1.29 is 55.1 Å². The molecule has 0 saturated carbocycles. The van der Waals surface area contributed by atoms with Gasteiger partial charge in [-0.3, -0.25) is 0 Å². The first kappa shape index (κ1) is 48.5. The summed E-state index contributed by atoms with van der Waals surface area (Å²) in [4.78, 5) is 43.0. The van der Waals surface area contributed by atoms with Crippen LogP contribution in [0, 0.1) is 0 Å². The van der Waals surface area contributed by atoms with Gasteiger partial charge >= 0.3 is 24.8 Å². The van der Waals surface area contributed by atoms with Crippen molar-refractivity contribution in [3.05, 3.63) is 155 Å². The maximum Gasteiger partial charge on any atom is 1.00 e. The third-order valence-electron chi connectivity index (χ3n) is 8.37. The maximum atomic E-state index is 13.4. The number of carboxylic acids is 1. The summed E-state index contributed by atoms with van der Waals surface area (Å²) < 4.78 is 59.3. The molecule has 0 aliphatic carbocycles.